The summed E-state index contributed by atoms with van der Waals surface area (Å²) in [6, 6.07) is 6.62. The highest BCUT2D eigenvalue weighted by atomic mass is 16.5. The van der Waals surface area contributed by atoms with Crippen molar-refractivity contribution in [2.45, 2.75) is 12.5 Å². The molecular formula is C17H19N3O3. The van der Waals surface area contributed by atoms with Crippen molar-refractivity contribution in [3.63, 3.8) is 0 Å². The number of hydrogen-bond donors (Lipinski definition) is 2. The fraction of sp³-hybridized carbons (Fsp3) is 0.294. The number of amides is 1. The number of terminal acetylenes is 1. The number of aromatic nitrogens is 2. The Hall–Kier alpha value is -2.78. The molecule has 2 rings (SSSR count). The average Bonchev–Trinajstić information content (AvgIpc) is 2.98. The van der Waals surface area contributed by atoms with E-state index >= 15 is 0 Å². The number of rotatable bonds is 6. The lowest BCUT2D eigenvalue weighted by Crippen LogP contribution is -2.38. The van der Waals surface area contributed by atoms with Crippen LogP contribution >= 0.6 is 0 Å². The van der Waals surface area contributed by atoms with Gasteiger partial charge in [0, 0.05) is 24.4 Å². The van der Waals surface area contributed by atoms with Gasteiger partial charge in [-0.15, -0.1) is 6.42 Å². The first kappa shape index (κ1) is 16.6. The molecule has 1 unspecified atom stereocenters. The summed E-state index contributed by atoms with van der Waals surface area (Å²) in [6.07, 6.45) is 8.40. The van der Waals surface area contributed by atoms with Gasteiger partial charge in [-0.3, -0.25) is 9.48 Å². The molecular weight excluding hydrogens is 294 g/mol. The Morgan fingerprint density at radius 3 is 2.74 bits per heavy atom. The van der Waals surface area contributed by atoms with Crippen LogP contribution < -0.4 is 10.1 Å². The molecule has 0 bridgehead atoms. The molecule has 1 heterocycles. The second-order valence-electron chi connectivity index (χ2n) is 5.38. The summed E-state index contributed by atoms with van der Waals surface area (Å²) in [6.45, 7) is 1.88. The van der Waals surface area contributed by atoms with Crippen LogP contribution in [0, 0.1) is 12.3 Å². The number of aliphatic hydroxyl groups is 1. The predicted octanol–water partition coefficient (Wildman–Crippen LogP) is 1.07. The molecule has 0 aliphatic rings. The standard InChI is InChI=1S/C17H19N3O3/c1-4-9-23-15-7-5-13(6-8-15)16(21)18-12-17(2,22)14-10-19-20(3)11-14/h1,5-8,10-11,22H,9,12H2,2-3H3,(H,18,21). The summed E-state index contributed by atoms with van der Waals surface area (Å²) in [7, 11) is 1.77. The first-order chi connectivity index (χ1) is 10.9. The van der Waals surface area contributed by atoms with Crippen LogP contribution in [0.2, 0.25) is 0 Å². The SMILES string of the molecule is C#CCOc1ccc(C(=O)NCC(C)(O)c2cnn(C)c2)cc1. The van der Waals surface area contributed by atoms with Crippen LogP contribution in [0.3, 0.4) is 0 Å². The van der Waals surface area contributed by atoms with Gasteiger partial charge in [0.25, 0.3) is 5.91 Å². The van der Waals surface area contributed by atoms with Crippen LogP contribution in [0.5, 0.6) is 5.75 Å². The summed E-state index contributed by atoms with van der Waals surface area (Å²) >= 11 is 0. The number of hydrogen-bond acceptors (Lipinski definition) is 4. The molecule has 6 heteroatoms. The highest BCUT2D eigenvalue weighted by Gasteiger charge is 2.25. The highest BCUT2D eigenvalue weighted by Crippen LogP contribution is 2.19. The van der Waals surface area contributed by atoms with E-state index in [0.717, 1.165) is 0 Å². The zero-order valence-electron chi connectivity index (χ0n) is 13.1. The van der Waals surface area contributed by atoms with Gasteiger partial charge in [0.15, 0.2) is 0 Å². The zero-order chi connectivity index (χ0) is 16.9. The van der Waals surface area contributed by atoms with Crippen LogP contribution in [0.15, 0.2) is 36.7 Å². The van der Waals surface area contributed by atoms with Crippen molar-refractivity contribution in [2.24, 2.45) is 7.05 Å². The lowest BCUT2D eigenvalue weighted by molar-refractivity contribution is 0.0526. The van der Waals surface area contributed by atoms with E-state index in [4.69, 9.17) is 11.2 Å². The molecule has 0 saturated heterocycles. The molecule has 1 amide bonds. The molecule has 1 atom stereocenters. The van der Waals surface area contributed by atoms with Crippen LogP contribution in [0.4, 0.5) is 0 Å². The van der Waals surface area contributed by atoms with E-state index in [1.165, 1.54) is 0 Å². The lowest BCUT2D eigenvalue weighted by atomic mass is 9.99. The van der Waals surface area contributed by atoms with Crippen molar-refractivity contribution in [2.75, 3.05) is 13.2 Å². The largest absolute Gasteiger partial charge is 0.481 e. The van der Waals surface area contributed by atoms with Gasteiger partial charge in [-0.05, 0) is 31.2 Å². The van der Waals surface area contributed by atoms with Crippen molar-refractivity contribution in [1.29, 1.82) is 0 Å². The van der Waals surface area contributed by atoms with E-state index in [0.29, 0.717) is 16.9 Å². The second-order valence-corrected chi connectivity index (χ2v) is 5.38. The molecule has 23 heavy (non-hydrogen) atoms. The Kier molecular flexibility index (Phi) is 5.04. The van der Waals surface area contributed by atoms with Gasteiger partial charge in [-0.1, -0.05) is 5.92 Å². The molecule has 2 aromatic rings. The smallest absolute Gasteiger partial charge is 0.251 e. The minimum absolute atomic E-state index is 0.0763. The summed E-state index contributed by atoms with van der Waals surface area (Å²) < 4.78 is 6.84. The maximum atomic E-state index is 12.1. The topological polar surface area (TPSA) is 76.4 Å². The Bertz CT molecular complexity index is 711. The number of nitrogens with zero attached hydrogens (tertiary/aromatic N) is 2. The van der Waals surface area contributed by atoms with Crippen molar-refractivity contribution in [3.8, 4) is 18.1 Å². The van der Waals surface area contributed by atoms with Gasteiger partial charge in [0.2, 0.25) is 0 Å². The molecule has 0 fully saturated rings. The minimum Gasteiger partial charge on any atom is -0.481 e. The Balaban J connectivity index is 1.95. The van der Waals surface area contributed by atoms with Crippen molar-refractivity contribution in [1.82, 2.24) is 15.1 Å². The fourth-order valence-electron chi connectivity index (χ4n) is 1.98. The fourth-order valence-corrected chi connectivity index (χ4v) is 1.98. The van der Waals surface area contributed by atoms with E-state index in [2.05, 4.69) is 16.3 Å². The third kappa shape index (κ3) is 4.34. The van der Waals surface area contributed by atoms with Gasteiger partial charge >= 0.3 is 0 Å². The average molecular weight is 313 g/mol. The summed E-state index contributed by atoms with van der Waals surface area (Å²) in [5, 5.41) is 17.2. The zero-order valence-corrected chi connectivity index (χ0v) is 13.1. The molecule has 1 aromatic heterocycles. The molecule has 0 aliphatic heterocycles. The third-order valence-electron chi connectivity index (χ3n) is 3.36. The minimum atomic E-state index is -1.19. The van der Waals surface area contributed by atoms with Gasteiger partial charge in [-0.2, -0.15) is 5.10 Å². The van der Waals surface area contributed by atoms with E-state index in [1.807, 2.05) is 0 Å². The molecule has 1 aromatic carbocycles. The van der Waals surface area contributed by atoms with Crippen LogP contribution in [-0.4, -0.2) is 33.9 Å². The Morgan fingerprint density at radius 2 is 2.17 bits per heavy atom. The van der Waals surface area contributed by atoms with Gasteiger partial charge in [0.1, 0.15) is 18.0 Å². The second kappa shape index (κ2) is 6.99. The number of carbonyl (C=O) groups excluding carboxylic acids is 1. The normalized spacial score (nSPS) is 13.0. The first-order valence-electron chi connectivity index (χ1n) is 7.08. The maximum absolute atomic E-state index is 12.1. The molecule has 0 spiro atoms. The van der Waals surface area contributed by atoms with Crippen LogP contribution in [0.1, 0.15) is 22.8 Å². The molecule has 6 nitrogen and oxygen atoms in total. The van der Waals surface area contributed by atoms with Gasteiger partial charge < -0.3 is 15.2 Å². The summed E-state index contributed by atoms with van der Waals surface area (Å²) in [5.41, 5.74) is -0.0851. The van der Waals surface area contributed by atoms with E-state index in [-0.39, 0.29) is 19.1 Å². The van der Waals surface area contributed by atoms with Crippen molar-refractivity contribution >= 4 is 5.91 Å². The molecule has 0 radical (unpaired) electrons. The first-order valence-corrected chi connectivity index (χ1v) is 7.08. The Labute approximate surface area is 135 Å². The monoisotopic (exact) mass is 313 g/mol. The van der Waals surface area contributed by atoms with Crippen molar-refractivity contribution < 1.29 is 14.6 Å². The number of carbonyl (C=O) groups is 1. The quantitative estimate of drug-likeness (QED) is 0.782. The van der Waals surface area contributed by atoms with E-state index < -0.39 is 5.60 Å². The van der Waals surface area contributed by atoms with Crippen LogP contribution in [-0.2, 0) is 12.6 Å². The van der Waals surface area contributed by atoms with Gasteiger partial charge in [-0.25, -0.2) is 0 Å². The predicted molar refractivity (Wildman–Crippen MR) is 85.9 cm³/mol. The lowest BCUT2D eigenvalue weighted by Gasteiger charge is -2.22. The van der Waals surface area contributed by atoms with Crippen molar-refractivity contribution in [3.05, 3.63) is 47.8 Å². The number of nitrogens with one attached hydrogen (secondary N) is 1. The highest BCUT2D eigenvalue weighted by molar-refractivity contribution is 5.94. The molecule has 0 aliphatic carbocycles. The summed E-state index contributed by atoms with van der Waals surface area (Å²) in [5.74, 6) is 2.69. The number of aryl methyl sites for hydroxylation is 1. The van der Waals surface area contributed by atoms with Gasteiger partial charge in [0.05, 0.1) is 12.7 Å². The van der Waals surface area contributed by atoms with E-state index in [1.54, 1.807) is 55.3 Å². The number of benzene rings is 1. The summed E-state index contributed by atoms with van der Waals surface area (Å²) in [4.78, 5) is 12.1. The van der Waals surface area contributed by atoms with Crippen LogP contribution in [0.25, 0.3) is 0 Å². The van der Waals surface area contributed by atoms with E-state index in [9.17, 15) is 9.90 Å². The Morgan fingerprint density at radius 1 is 1.48 bits per heavy atom. The third-order valence-corrected chi connectivity index (χ3v) is 3.36. The number of ether oxygens (including phenoxy) is 1. The maximum Gasteiger partial charge on any atom is 0.251 e. The molecule has 120 valence electrons. The molecule has 2 N–H and O–H groups in total. The molecule has 0 saturated carbocycles.